The lowest BCUT2D eigenvalue weighted by Crippen LogP contribution is -2.42. The molecule has 0 aliphatic rings. The molecule has 6 nitrogen and oxygen atoms in total. The maximum absolute atomic E-state index is 12.0. The zero-order valence-corrected chi connectivity index (χ0v) is 11.5. The molecular weight excluding hydrogens is 250 g/mol. The third-order valence-corrected chi connectivity index (χ3v) is 2.67. The summed E-state index contributed by atoms with van der Waals surface area (Å²) in [7, 11) is 4.44. The van der Waals surface area contributed by atoms with Crippen molar-refractivity contribution < 1.29 is 24.1 Å². The molecule has 1 aromatic carbocycles. The number of carbonyl (C=O) groups excluding carboxylic acids is 1. The van der Waals surface area contributed by atoms with Crippen LogP contribution in [0, 0.1) is 0 Å². The molecule has 1 unspecified atom stereocenters. The molecule has 0 radical (unpaired) electrons. The largest absolute Gasteiger partial charge is 0.504 e. The average Bonchev–Trinajstić information content (AvgIpc) is 2.39. The topological polar surface area (TPSA) is 77.0 Å². The van der Waals surface area contributed by atoms with Crippen LogP contribution in [0.4, 0.5) is 0 Å². The highest BCUT2D eigenvalue weighted by Crippen LogP contribution is 2.26. The minimum atomic E-state index is -0.532. The van der Waals surface area contributed by atoms with E-state index in [1.807, 2.05) is 0 Å². The highest BCUT2D eigenvalue weighted by molar-refractivity contribution is 5.95. The molecule has 2 N–H and O–H groups in total. The number of nitrogens with one attached hydrogen (secondary N) is 1. The third kappa shape index (κ3) is 3.84. The van der Waals surface area contributed by atoms with E-state index in [0.717, 1.165) is 0 Å². The number of ether oxygens (including phenoxy) is 3. The van der Waals surface area contributed by atoms with Crippen molar-refractivity contribution in [3.05, 3.63) is 23.8 Å². The molecule has 1 rings (SSSR count). The molecule has 0 spiro atoms. The smallest absolute Gasteiger partial charge is 0.251 e. The van der Waals surface area contributed by atoms with Gasteiger partial charge < -0.3 is 24.6 Å². The van der Waals surface area contributed by atoms with Gasteiger partial charge in [0, 0.05) is 19.8 Å². The number of hydrogen-bond donors (Lipinski definition) is 2. The molecular formula is C13H19NO5. The van der Waals surface area contributed by atoms with Crippen LogP contribution in [0.1, 0.15) is 17.3 Å². The molecule has 106 valence electrons. The SMILES string of the molecule is COc1ccc(C(=O)NC(C)C(OC)OC)cc1O. The van der Waals surface area contributed by atoms with E-state index in [1.54, 1.807) is 13.0 Å². The summed E-state index contributed by atoms with van der Waals surface area (Å²) in [5.74, 6) is -0.0985. The number of phenolic OH excluding ortho intramolecular Hbond substituents is 1. The maximum Gasteiger partial charge on any atom is 0.251 e. The van der Waals surface area contributed by atoms with Crippen molar-refractivity contribution in [1.29, 1.82) is 0 Å². The summed E-state index contributed by atoms with van der Waals surface area (Å²) < 4.78 is 15.0. The molecule has 0 bridgehead atoms. The summed E-state index contributed by atoms with van der Waals surface area (Å²) in [5.41, 5.74) is 0.330. The summed E-state index contributed by atoms with van der Waals surface area (Å²) in [5, 5.41) is 12.3. The molecule has 1 amide bonds. The normalized spacial score (nSPS) is 12.3. The number of carbonyl (C=O) groups is 1. The molecule has 1 atom stereocenters. The number of hydrogen-bond acceptors (Lipinski definition) is 5. The van der Waals surface area contributed by atoms with Gasteiger partial charge in [-0.05, 0) is 25.1 Å². The summed E-state index contributed by atoms with van der Waals surface area (Å²) in [4.78, 5) is 12.0. The second-order valence-electron chi connectivity index (χ2n) is 3.99. The number of rotatable bonds is 6. The van der Waals surface area contributed by atoms with Crippen molar-refractivity contribution in [3.8, 4) is 11.5 Å². The Morgan fingerprint density at radius 1 is 1.26 bits per heavy atom. The Bertz CT molecular complexity index is 431. The Kier molecular flexibility index (Phi) is 5.59. The van der Waals surface area contributed by atoms with Crippen LogP contribution < -0.4 is 10.1 Å². The summed E-state index contributed by atoms with van der Waals surface area (Å²) in [6.45, 7) is 1.76. The second kappa shape index (κ2) is 6.96. The standard InChI is InChI=1S/C13H19NO5/c1-8(13(18-3)19-4)14-12(16)9-5-6-11(17-2)10(15)7-9/h5-8,13,15H,1-4H3,(H,14,16). The molecule has 0 aromatic heterocycles. The fraction of sp³-hybridized carbons (Fsp3) is 0.462. The molecule has 6 heteroatoms. The molecule has 1 aromatic rings. The molecule has 0 saturated heterocycles. The van der Waals surface area contributed by atoms with Gasteiger partial charge in [0.25, 0.3) is 5.91 Å². The highest BCUT2D eigenvalue weighted by atomic mass is 16.7. The van der Waals surface area contributed by atoms with Gasteiger partial charge >= 0.3 is 0 Å². The maximum atomic E-state index is 12.0. The molecule has 0 aliphatic heterocycles. The van der Waals surface area contributed by atoms with Crippen LogP contribution in [0.15, 0.2) is 18.2 Å². The van der Waals surface area contributed by atoms with Gasteiger partial charge in [-0.1, -0.05) is 0 Å². The van der Waals surface area contributed by atoms with E-state index in [1.165, 1.54) is 33.5 Å². The number of methoxy groups -OCH3 is 3. The lowest BCUT2D eigenvalue weighted by molar-refractivity contribution is -0.117. The molecule has 19 heavy (non-hydrogen) atoms. The van der Waals surface area contributed by atoms with E-state index in [-0.39, 0.29) is 17.7 Å². The fourth-order valence-electron chi connectivity index (χ4n) is 1.69. The first kappa shape index (κ1) is 15.3. The number of benzene rings is 1. The van der Waals surface area contributed by atoms with Gasteiger partial charge in [-0.15, -0.1) is 0 Å². The summed E-state index contributed by atoms with van der Waals surface area (Å²) >= 11 is 0. The first-order valence-electron chi connectivity index (χ1n) is 5.77. The summed E-state index contributed by atoms with van der Waals surface area (Å²) in [6.07, 6.45) is -0.532. The van der Waals surface area contributed by atoms with Gasteiger partial charge in [-0.2, -0.15) is 0 Å². The van der Waals surface area contributed by atoms with Crippen LogP contribution in [-0.2, 0) is 9.47 Å². The van der Waals surface area contributed by atoms with E-state index < -0.39 is 6.29 Å². The van der Waals surface area contributed by atoms with Crippen molar-refractivity contribution in [3.63, 3.8) is 0 Å². The number of amides is 1. The minimum absolute atomic E-state index is 0.0853. The Morgan fingerprint density at radius 2 is 1.89 bits per heavy atom. The van der Waals surface area contributed by atoms with Crippen molar-refractivity contribution in [2.24, 2.45) is 0 Å². The van der Waals surface area contributed by atoms with E-state index in [9.17, 15) is 9.90 Å². The van der Waals surface area contributed by atoms with Crippen LogP contribution in [-0.4, -0.2) is 44.7 Å². The predicted octanol–water partition coefficient (Wildman–Crippen LogP) is 1.14. The summed E-state index contributed by atoms with van der Waals surface area (Å²) in [6, 6.07) is 4.11. The Balaban J connectivity index is 2.75. The van der Waals surface area contributed by atoms with Crippen LogP contribution in [0.3, 0.4) is 0 Å². The average molecular weight is 269 g/mol. The Labute approximate surface area is 112 Å². The van der Waals surface area contributed by atoms with Crippen LogP contribution in [0.2, 0.25) is 0 Å². The second-order valence-corrected chi connectivity index (χ2v) is 3.99. The van der Waals surface area contributed by atoms with Gasteiger partial charge in [-0.3, -0.25) is 4.79 Å². The van der Waals surface area contributed by atoms with Crippen molar-refractivity contribution >= 4 is 5.91 Å². The lowest BCUT2D eigenvalue weighted by Gasteiger charge is -2.22. The Hall–Kier alpha value is -1.79. The number of phenols is 1. The molecule has 0 aliphatic carbocycles. The van der Waals surface area contributed by atoms with Crippen LogP contribution >= 0.6 is 0 Å². The molecule has 0 heterocycles. The van der Waals surface area contributed by atoms with Crippen molar-refractivity contribution in [1.82, 2.24) is 5.32 Å². The quantitative estimate of drug-likeness (QED) is 0.757. The minimum Gasteiger partial charge on any atom is -0.504 e. The zero-order chi connectivity index (χ0) is 14.4. The predicted molar refractivity (Wildman–Crippen MR) is 69.4 cm³/mol. The van der Waals surface area contributed by atoms with Gasteiger partial charge in [0.2, 0.25) is 0 Å². The van der Waals surface area contributed by atoms with E-state index in [2.05, 4.69) is 5.32 Å². The first-order chi connectivity index (χ1) is 9.03. The fourth-order valence-corrected chi connectivity index (χ4v) is 1.69. The van der Waals surface area contributed by atoms with Crippen molar-refractivity contribution in [2.45, 2.75) is 19.3 Å². The Morgan fingerprint density at radius 3 is 2.37 bits per heavy atom. The van der Waals surface area contributed by atoms with Gasteiger partial charge in [0.1, 0.15) is 0 Å². The lowest BCUT2D eigenvalue weighted by atomic mass is 10.1. The molecule has 0 saturated carbocycles. The van der Waals surface area contributed by atoms with Crippen LogP contribution in [0.5, 0.6) is 11.5 Å². The zero-order valence-electron chi connectivity index (χ0n) is 11.5. The van der Waals surface area contributed by atoms with Gasteiger partial charge in [-0.25, -0.2) is 0 Å². The molecule has 0 fully saturated rings. The van der Waals surface area contributed by atoms with Crippen LogP contribution in [0.25, 0.3) is 0 Å². The van der Waals surface area contributed by atoms with E-state index in [0.29, 0.717) is 11.3 Å². The van der Waals surface area contributed by atoms with E-state index in [4.69, 9.17) is 14.2 Å². The van der Waals surface area contributed by atoms with Gasteiger partial charge in [0.05, 0.1) is 13.2 Å². The first-order valence-corrected chi connectivity index (χ1v) is 5.77. The van der Waals surface area contributed by atoms with E-state index >= 15 is 0 Å². The van der Waals surface area contributed by atoms with Crippen molar-refractivity contribution in [2.75, 3.05) is 21.3 Å². The third-order valence-electron chi connectivity index (χ3n) is 2.67. The number of aromatic hydroxyl groups is 1. The monoisotopic (exact) mass is 269 g/mol. The highest BCUT2D eigenvalue weighted by Gasteiger charge is 2.19. The van der Waals surface area contributed by atoms with Gasteiger partial charge in [0.15, 0.2) is 17.8 Å².